The number of hydrogen-bond acceptors (Lipinski definition) is 0. The SMILES string of the molecule is [Cu].[Cu].[Cu].[W]. The van der Waals surface area contributed by atoms with Crippen molar-refractivity contribution in [1.82, 2.24) is 0 Å². The first-order chi connectivity index (χ1) is 0. The molecule has 0 spiro atoms. The number of hydrogen-bond donors (Lipinski definition) is 0. The van der Waals surface area contributed by atoms with E-state index in [0.29, 0.717) is 0 Å². The largest absolute Gasteiger partial charge is 0 e. The zero-order valence-corrected chi connectivity index (χ0v) is 7.07. The fourth-order valence-electron chi connectivity index (χ4n) is 0. The molecule has 0 atom stereocenters. The molecule has 0 fully saturated rings. The predicted molar refractivity (Wildman–Crippen MR) is 0 cm³/mol. The van der Waals surface area contributed by atoms with E-state index in [1.54, 1.807) is 0 Å². The molecule has 0 unspecified atom stereocenters. The molecule has 39 valence electrons. The summed E-state index contributed by atoms with van der Waals surface area (Å²) < 4.78 is 0. The van der Waals surface area contributed by atoms with Gasteiger partial charge in [0.25, 0.3) is 0 Å². The first-order valence-corrected chi connectivity index (χ1v) is 0. The molecule has 0 bridgehead atoms. The number of rotatable bonds is 0. The normalized spacial score (nSPS) is 0. The second-order valence-electron chi connectivity index (χ2n) is 0. The van der Waals surface area contributed by atoms with E-state index in [9.17, 15) is 0 Å². The van der Waals surface area contributed by atoms with Crippen LogP contribution in [0.25, 0.3) is 0 Å². The molecule has 0 heterocycles. The Hall–Kier alpha value is 2.25. The van der Waals surface area contributed by atoms with E-state index >= 15 is 0 Å². The summed E-state index contributed by atoms with van der Waals surface area (Å²) in [7, 11) is 0. The molecule has 0 aromatic heterocycles. The molecule has 0 saturated carbocycles. The van der Waals surface area contributed by atoms with Crippen LogP contribution in [-0.4, -0.2) is 0 Å². The molecule has 0 saturated heterocycles. The predicted octanol–water partition coefficient (Wildman–Crippen LogP) is -0.0100. The Morgan fingerprint density at radius 2 is 0.500 bits per heavy atom. The van der Waals surface area contributed by atoms with Crippen molar-refractivity contribution in [3.63, 3.8) is 0 Å². The summed E-state index contributed by atoms with van der Waals surface area (Å²) in [6.07, 6.45) is 0. The van der Waals surface area contributed by atoms with Gasteiger partial charge in [-0.25, -0.2) is 0 Å². The van der Waals surface area contributed by atoms with Crippen molar-refractivity contribution in [2.45, 2.75) is 0 Å². The molecule has 0 aliphatic rings. The maximum absolute atomic E-state index is 0. The minimum atomic E-state index is 0. The van der Waals surface area contributed by atoms with Crippen molar-refractivity contribution in [2.75, 3.05) is 0 Å². The van der Waals surface area contributed by atoms with E-state index in [4.69, 9.17) is 0 Å². The van der Waals surface area contributed by atoms with E-state index in [2.05, 4.69) is 0 Å². The van der Waals surface area contributed by atoms with Crippen LogP contribution in [0.5, 0.6) is 0 Å². The summed E-state index contributed by atoms with van der Waals surface area (Å²) in [6, 6.07) is 0. The van der Waals surface area contributed by atoms with Crippen LogP contribution in [0.15, 0.2) is 0 Å². The monoisotopic (exact) mass is 373 g/mol. The average molecular weight is 374 g/mol. The van der Waals surface area contributed by atoms with Crippen LogP contribution in [0.4, 0.5) is 0 Å². The first kappa shape index (κ1) is 34.1. The van der Waals surface area contributed by atoms with Gasteiger partial charge in [-0.1, -0.05) is 0 Å². The van der Waals surface area contributed by atoms with Gasteiger partial charge in [-0.15, -0.1) is 0 Å². The van der Waals surface area contributed by atoms with Gasteiger partial charge in [0, 0.05) is 72.3 Å². The summed E-state index contributed by atoms with van der Waals surface area (Å²) >= 11 is 0. The average Bonchev–Trinajstić information content (AvgIpc) is 0. The third-order valence-electron chi connectivity index (χ3n) is 0. The molecule has 0 amide bonds. The van der Waals surface area contributed by atoms with Gasteiger partial charge >= 0.3 is 0 Å². The van der Waals surface area contributed by atoms with Crippen LogP contribution < -0.4 is 0 Å². The van der Waals surface area contributed by atoms with Crippen LogP contribution in [0.3, 0.4) is 0 Å². The van der Waals surface area contributed by atoms with Crippen LogP contribution in [0.2, 0.25) is 0 Å². The van der Waals surface area contributed by atoms with E-state index in [0.717, 1.165) is 0 Å². The van der Waals surface area contributed by atoms with Crippen LogP contribution >= 0.6 is 0 Å². The van der Waals surface area contributed by atoms with Gasteiger partial charge in [0.2, 0.25) is 0 Å². The quantitative estimate of drug-likeness (QED) is 0.524. The van der Waals surface area contributed by atoms with Crippen molar-refractivity contribution < 1.29 is 72.3 Å². The topological polar surface area (TPSA) is 0 Å². The van der Waals surface area contributed by atoms with Gasteiger partial charge in [-0.2, -0.15) is 0 Å². The molecule has 0 aromatic carbocycles. The summed E-state index contributed by atoms with van der Waals surface area (Å²) in [5.74, 6) is 0. The molecule has 0 rings (SSSR count). The van der Waals surface area contributed by atoms with Crippen LogP contribution in [-0.2, 0) is 72.3 Å². The minimum absolute atomic E-state index is 0. The van der Waals surface area contributed by atoms with Crippen LogP contribution in [0.1, 0.15) is 0 Å². The molecule has 0 nitrogen and oxygen atoms in total. The zero-order valence-electron chi connectivity index (χ0n) is 1.31. The Bertz CT molecular complexity index is 3.25. The summed E-state index contributed by atoms with van der Waals surface area (Å²) in [5, 5.41) is 0. The Balaban J connectivity index is 0. The minimum Gasteiger partial charge on any atom is 0 e. The second-order valence-corrected chi connectivity index (χ2v) is 0. The second kappa shape index (κ2) is 18.7. The van der Waals surface area contributed by atoms with E-state index in [1.165, 1.54) is 0 Å². The molecule has 0 aromatic rings. The van der Waals surface area contributed by atoms with E-state index in [-0.39, 0.29) is 72.3 Å². The summed E-state index contributed by atoms with van der Waals surface area (Å²) in [6.45, 7) is 0. The van der Waals surface area contributed by atoms with Gasteiger partial charge in [-0.3, -0.25) is 0 Å². The summed E-state index contributed by atoms with van der Waals surface area (Å²) in [4.78, 5) is 0. The Labute approximate surface area is 71.5 Å². The van der Waals surface area contributed by atoms with Gasteiger partial charge < -0.3 is 0 Å². The molecule has 0 aliphatic carbocycles. The van der Waals surface area contributed by atoms with Crippen molar-refractivity contribution in [3.8, 4) is 0 Å². The fourth-order valence-corrected chi connectivity index (χ4v) is 0. The summed E-state index contributed by atoms with van der Waals surface area (Å²) in [5.41, 5.74) is 0. The third kappa shape index (κ3) is 8.87. The standard InChI is InChI=1S/3Cu.W. The molecular weight excluding hydrogens is 374 g/mol. The Morgan fingerprint density at radius 1 is 0.500 bits per heavy atom. The maximum atomic E-state index is 0. The fraction of sp³-hybridized carbons (Fsp3) is 0. The van der Waals surface area contributed by atoms with E-state index < -0.39 is 0 Å². The van der Waals surface area contributed by atoms with Gasteiger partial charge in [0.05, 0.1) is 0 Å². The van der Waals surface area contributed by atoms with Crippen molar-refractivity contribution in [1.29, 1.82) is 0 Å². The smallest absolute Gasteiger partial charge is 0 e. The van der Waals surface area contributed by atoms with Gasteiger partial charge in [0.1, 0.15) is 0 Å². The molecule has 0 aliphatic heterocycles. The molecular formula is Cu3W. The Kier molecular flexibility index (Phi) is 160. The van der Waals surface area contributed by atoms with Crippen molar-refractivity contribution >= 4 is 0 Å². The van der Waals surface area contributed by atoms with E-state index in [1.807, 2.05) is 0 Å². The van der Waals surface area contributed by atoms with Crippen LogP contribution in [0, 0.1) is 0 Å². The molecule has 0 N–H and O–H groups in total. The van der Waals surface area contributed by atoms with Crippen molar-refractivity contribution in [2.24, 2.45) is 0 Å². The van der Waals surface area contributed by atoms with Crippen molar-refractivity contribution in [3.05, 3.63) is 0 Å². The molecule has 3 radical (unpaired) electrons. The maximum Gasteiger partial charge on any atom is 0 e. The Morgan fingerprint density at radius 3 is 0.500 bits per heavy atom. The molecule has 4 heavy (non-hydrogen) atoms. The first-order valence-electron chi connectivity index (χ1n) is 0. The van der Waals surface area contributed by atoms with Gasteiger partial charge in [0.15, 0.2) is 0 Å². The third-order valence-corrected chi connectivity index (χ3v) is 0. The molecule has 4 heteroatoms. The zero-order chi connectivity index (χ0) is 0. The van der Waals surface area contributed by atoms with Gasteiger partial charge in [-0.05, 0) is 0 Å².